The third-order valence-electron chi connectivity index (χ3n) is 4.34. The molecule has 1 aliphatic heterocycles. The van der Waals surface area contributed by atoms with Crippen molar-refractivity contribution in [1.29, 1.82) is 0 Å². The number of fused-ring (bicyclic) bond motifs is 1. The summed E-state index contributed by atoms with van der Waals surface area (Å²) in [6.07, 6.45) is 0.792. The topological polar surface area (TPSA) is 49.4 Å². The molecule has 0 saturated heterocycles. The molecule has 24 heavy (non-hydrogen) atoms. The molecule has 0 aliphatic carbocycles. The highest BCUT2D eigenvalue weighted by molar-refractivity contribution is 6.30. The van der Waals surface area contributed by atoms with E-state index in [1.807, 2.05) is 18.2 Å². The van der Waals surface area contributed by atoms with Crippen LogP contribution in [0.15, 0.2) is 48.5 Å². The number of carbonyl (C=O) groups excluding carboxylic acids is 2. The molecule has 1 heterocycles. The fraction of sp³-hybridized carbons (Fsp3) is 0.263. The van der Waals surface area contributed by atoms with Crippen molar-refractivity contribution in [3.05, 3.63) is 64.7 Å². The first kappa shape index (κ1) is 16.5. The zero-order valence-corrected chi connectivity index (χ0v) is 14.2. The zero-order valence-electron chi connectivity index (χ0n) is 13.5. The molecule has 0 spiro atoms. The first-order valence-corrected chi connectivity index (χ1v) is 8.35. The third kappa shape index (κ3) is 3.44. The molecule has 124 valence electrons. The van der Waals surface area contributed by atoms with E-state index in [0.29, 0.717) is 23.7 Å². The van der Waals surface area contributed by atoms with Gasteiger partial charge in [0.1, 0.15) is 0 Å². The Morgan fingerprint density at radius 2 is 1.88 bits per heavy atom. The minimum absolute atomic E-state index is 0.0511. The van der Waals surface area contributed by atoms with E-state index >= 15 is 0 Å². The fourth-order valence-corrected chi connectivity index (χ4v) is 3.23. The quantitative estimate of drug-likeness (QED) is 0.922. The molecule has 4 nitrogen and oxygen atoms in total. The minimum Gasteiger partial charge on any atom is -0.352 e. The molecule has 1 aliphatic rings. The normalized spacial score (nSPS) is 15.9. The van der Waals surface area contributed by atoms with Gasteiger partial charge in [0.05, 0.1) is 0 Å². The molecule has 5 heteroatoms. The van der Waals surface area contributed by atoms with Gasteiger partial charge in [0.2, 0.25) is 5.91 Å². The van der Waals surface area contributed by atoms with Crippen molar-refractivity contribution in [2.75, 3.05) is 18.0 Å². The van der Waals surface area contributed by atoms with Crippen molar-refractivity contribution >= 4 is 29.1 Å². The summed E-state index contributed by atoms with van der Waals surface area (Å²) < 4.78 is 0. The van der Waals surface area contributed by atoms with Gasteiger partial charge in [-0.05, 0) is 42.3 Å². The van der Waals surface area contributed by atoms with Gasteiger partial charge in [-0.3, -0.25) is 9.59 Å². The Morgan fingerprint density at radius 1 is 1.17 bits per heavy atom. The van der Waals surface area contributed by atoms with E-state index in [4.69, 9.17) is 11.6 Å². The second kappa shape index (κ2) is 7.05. The fourth-order valence-electron chi connectivity index (χ4n) is 3.10. The summed E-state index contributed by atoms with van der Waals surface area (Å²) in [4.78, 5) is 25.7. The lowest BCUT2D eigenvalue weighted by molar-refractivity contribution is -0.116. The monoisotopic (exact) mass is 342 g/mol. The maximum absolute atomic E-state index is 12.1. The highest BCUT2D eigenvalue weighted by Gasteiger charge is 2.30. The van der Waals surface area contributed by atoms with E-state index in [1.165, 1.54) is 5.56 Å². The molecule has 0 saturated carbocycles. The zero-order chi connectivity index (χ0) is 17.1. The first-order valence-electron chi connectivity index (χ1n) is 7.97. The van der Waals surface area contributed by atoms with Gasteiger partial charge in [-0.2, -0.15) is 0 Å². The number of hydrogen-bond acceptors (Lipinski definition) is 2. The largest absolute Gasteiger partial charge is 0.352 e. The molecule has 1 atom stereocenters. The molecule has 0 radical (unpaired) electrons. The van der Waals surface area contributed by atoms with E-state index in [0.717, 1.165) is 12.1 Å². The van der Waals surface area contributed by atoms with Crippen LogP contribution in [-0.4, -0.2) is 24.9 Å². The van der Waals surface area contributed by atoms with Crippen LogP contribution in [0.25, 0.3) is 0 Å². The van der Waals surface area contributed by atoms with Gasteiger partial charge in [0.15, 0.2) is 0 Å². The first-order chi connectivity index (χ1) is 11.6. The van der Waals surface area contributed by atoms with Crippen LogP contribution in [0.5, 0.6) is 0 Å². The number of nitrogens with zero attached hydrogens (tertiary/aromatic N) is 1. The van der Waals surface area contributed by atoms with Gasteiger partial charge < -0.3 is 10.2 Å². The molecule has 3 rings (SSSR count). The van der Waals surface area contributed by atoms with Gasteiger partial charge in [-0.25, -0.2) is 0 Å². The lowest BCUT2D eigenvalue weighted by Crippen LogP contribution is -2.29. The molecule has 0 bridgehead atoms. The summed E-state index contributed by atoms with van der Waals surface area (Å²) in [5, 5.41) is 3.54. The molecule has 1 N–H and O–H groups in total. The highest BCUT2D eigenvalue weighted by Crippen LogP contribution is 2.37. The maximum atomic E-state index is 12.1. The summed E-state index contributed by atoms with van der Waals surface area (Å²) in [6.45, 7) is 2.82. The van der Waals surface area contributed by atoms with E-state index in [2.05, 4.69) is 11.4 Å². The number of amides is 2. The highest BCUT2D eigenvalue weighted by atomic mass is 35.5. The maximum Gasteiger partial charge on any atom is 0.251 e. The predicted molar refractivity (Wildman–Crippen MR) is 95.6 cm³/mol. The summed E-state index contributed by atoms with van der Waals surface area (Å²) >= 11 is 5.83. The lowest BCUT2D eigenvalue weighted by Gasteiger charge is -2.15. The Kier molecular flexibility index (Phi) is 4.86. The van der Waals surface area contributed by atoms with Crippen molar-refractivity contribution in [1.82, 2.24) is 5.32 Å². The van der Waals surface area contributed by atoms with E-state index < -0.39 is 0 Å². The van der Waals surface area contributed by atoms with E-state index in [-0.39, 0.29) is 17.7 Å². The number of anilines is 1. The Balaban J connectivity index is 1.60. The number of rotatable bonds is 4. The molecular weight excluding hydrogens is 324 g/mol. The number of benzene rings is 2. The van der Waals surface area contributed by atoms with Gasteiger partial charge in [-0.1, -0.05) is 29.8 Å². The number of nitrogens with one attached hydrogen (secondary N) is 1. The summed E-state index contributed by atoms with van der Waals surface area (Å²) in [5.41, 5.74) is 2.75. The van der Waals surface area contributed by atoms with Crippen molar-refractivity contribution in [2.45, 2.75) is 19.3 Å². The molecule has 1 unspecified atom stereocenters. The number of halogens is 1. The van der Waals surface area contributed by atoms with Crippen molar-refractivity contribution in [2.24, 2.45) is 0 Å². The van der Waals surface area contributed by atoms with Gasteiger partial charge >= 0.3 is 0 Å². The molecule has 2 aromatic carbocycles. The summed E-state index contributed by atoms with van der Waals surface area (Å²) in [6, 6.07) is 14.8. The molecule has 2 aromatic rings. The van der Waals surface area contributed by atoms with Crippen molar-refractivity contribution in [3.63, 3.8) is 0 Å². The third-order valence-corrected chi connectivity index (χ3v) is 4.59. The van der Waals surface area contributed by atoms with Crippen molar-refractivity contribution in [3.8, 4) is 0 Å². The minimum atomic E-state index is -0.110. The molecule has 2 amide bonds. The van der Waals surface area contributed by atoms with Crippen LogP contribution in [0.4, 0.5) is 5.69 Å². The van der Waals surface area contributed by atoms with Crippen LogP contribution < -0.4 is 10.2 Å². The van der Waals surface area contributed by atoms with Crippen LogP contribution in [0.1, 0.15) is 35.2 Å². The van der Waals surface area contributed by atoms with Crippen LogP contribution >= 0.6 is 11.6 Å². The second-order valence-electron chi connectivity index (χ2n) is 5.94. The number of para-hydroxylation sites is 1. The molecular formula is C19H19ClN2O2. The Hall–Kier alpha value is -2.33. The predicted octanol–water partition coefficient (Wildman–Crippen LogP) is 3.61. The van der Waals surface area contributed by atoms with Crippen LogP contribution in [-0.2, 0) is 4.79 Å². The van der Waals surface area contributed by atoms with Gasteiger partial charge in [0, 0.05) is 42.2 Å². The Morgan fingerprint density at radius 3 is 2.58 bits per heavy atom. The molecule has 0 aromatic heterocycles. The van der Waals surface area contributed by atoms with Crippen LogP contribution in [0, 0.1) is 0 Å². The second-order valence-corrected chi connectivity index (χ2v) is 6.37. The molecule has 0 fully saturated rings. The van der Waals surface area contributed by atoms with Gasteiger partial charge in [0.25, 0.3) is 5.91 Å². The van der Waals surface area contributed by atoms with Crippen LogP contribution in [0.2, 0.25) is 5.02 Å². The Bertz CT molecular complexity index is 758. The Labute approximate surface area is 146 Å². The smallest absolute Gasteiger partial charge is 0.251 e. The van der Waals surface area contributed by atoms with E-state index in [1.54, 1.807) is 36.1 Å². The van der Waals surface area contributed by atoms with E-state index in [9.17, 15) is 9.59 Å². The van der Waals surface area contributed by atoms with Crippen molar-refractivity contribution < 1.29 is 9.59 Å². The number of carbonyl (C=O) groups is 2. The SMILES string of the molecule is CC(=O)N1CC(CCNC(=O)c2ccc(Cl)cc2)c2ccccc21. The average Bonchev–Trinajstić information content (AvgIpc) is 2.95. The van der Waals surface area contributed by atoms with Crippen LogP contribution in [0.3, 0.4) is 0 Å². The van der Waals surface area contributed by atoms with Gasteiger partial charge in [-0.15, -0.1) is 0 Å². The summed E-state index contributed by atoms with van der Waals surface area (Å²) in [5.74, 6) is 0.187. The standard InChI is InChI=1S/C19H19ClN2O2/c1-13(23)22-12-15(17-4-2-3-5-18(17)22)10-11-21-19(24)14-6-8-16(20)9-7-14/h2-9,15H,10-12H2,1H3,(H,21,24). The number of hydrogen-bond donors (Lipinski definition) is 1. The average molecular weight is 343 g/mol. The lowest BCUT2D eigenvalue weighted by atomic mass is 9.98. The summed E-state index contributed by atoms with van der Waals surface area (Å²) in [7, 11) is 0.